The summed E-state index contributed by atoms with van der Waals surface area (Å²) < 4.78 is 5.33. The third kappa shape index (κ3) is 1.20. The van der Waals surface area contributed by atoms with Crippen molar-refractivity contribution in [1.82, 2.24) is 0 Å². The number of carbonyl (C=O) groups excluding carboxylic acids is 1. The van der Waals surface area contributed by atoms with Crippen molar-refractivity contribution < 1.29 is 9.53 Å². The summed E-state index contributed by atoms with van der Waals surface area (Å²) in [7, 11) is 0. The molecule has 0 N–H and O–H groups in total. The molecule has 0 aromatic carbocycles. The lowest BCUT2D eigenvalue weighted by Gasteiger charge is -2.58. The summed E-state index contributed by atoms with van der Waals surface area (Å²) in [4.78, 5) is 10.9. The first kappa shape index (κ1) is 9.75. The molecule has 0 amide bonds. The Kier molecular flexibility index (Phi) is 1.98. The molecule has 0 heterocycles. The maximum absolute atomic E-state index is 10.9. The summed E-state index contributed by atoms with van der Waals surface area (Å²) in [5.41, 5.74) is 1.71. The Hall–Kier alpha value is -0.790. The zero-order chi connectivity index (χ0) is 10.5. The van der Waals surface area contributed by atoms with E-state index >= 15 is 0 Å². The molecule has 0 radical (unpaired) electrons. The van der Waals surface area contributed by atoms with Crippen LogP contribution in [0.1, 0.15) is 34.1 Å². The highest BCUT2D eigenvalue weighted by molar-refractivity contribution is 5.66. The topological polar surface area (TPSA) is 26.3 Å². The highest BCUT2D eigenvalue weighted by atomic mass is 16.5. The molecule has 1 fully saturated rings. The molecule has 3 aliphatic carbocycles. The number of hydrogen-bond acceptors (Lipinski definition) is 2. The van der Waals surface area contributed by atoms with Crippen LogP contribution >= 0.6 is 0 Å². The van der Waals surface area contributed by atoms with Crippen molar-refractivity contribution in [3.63, 3.8) is 0 Å². The van der Waals surface area contributed by atoms with Gasteiger partial charge in [0.2, 0.25) is 0 Å². The highest BCUT2D eigenvalue weighted by Crippen LogP contribution is 2.59. The molecular weight excluding hydrogens is 176 g/mol. The molecule has 2 heteroatoms. The van der Waals surface area contributed by atoms with Crippen LogP contribution in [-0.2, 0) is 9.53 Å². The Balaban J connectivity index is 2.21. The number of rotatable bonds is 1. The number of carbonyl (C=O) groups is 1. The molecule has 0 unspecified atom stereocenters. The van der Waals surface area contributed by atoms with Crippen molar-refractivity contribution >= 4 is 5.97 Å². The normalized spacial score (nSPS) is 38.3. The van der Waals surface area contributed by atoms with E-state index < -0.39 is 0 Å². The summed E-state index contributed by atoms with van der Waals surface area (Å²) in [6.07, 6.45) is 3.34. The molecule has 14 heavy (non-hydrogen) atoms. The summed E-state index contributed by atoms with van der Waals surface area (Å²) >= 11 is 0. The first-order chi connectivity index (χ1) is 6.43. The average molecular weight is 194 g/mol. The molecule has 2 bridgehead atoms. The minimum absolute atomic E-state index is 0.0208. The van der Waals surface area contributed by atoms with Crippen molar-refractivity contribution in [2.45, 2.75) is 40.2 Å². The summed E-state index contributed by atoms with van der Waals surface area (Å²) in [6, 6.07) is 0. The van der Waals surface area contributed by atoms with E-state index in [1.165, 1.54) is 18.9 Å². The molecule has 0 aliphatic heterocycles. The fourth-order valence-corrected chi connectivity index (χ4v) is 3.09. The Morgan fingerprint density at radius 3 is 2.64 bits per heavy atom. The second-order valence-corrected chi connectivity index (χ2v) is 5.20. The second-order valence-electron chi connectivity index (χ2n) is 5.20. The Labute approximate surface area is 85.3 Å². The quantitative estimate of drug-likeness (QED) is 0.473. The number of ether oxygens (including phenoxy) is 1. The van der Waals surface area contributed by atoms with Gasteiger partial charge in [-0.1, -0.05) is 19.4 Å². The zero-order valence-electron chi connectivity index (χ0n) is 9.33. The van der Waals surface area contributed by atoms with Gasteiger partial charge in [0, 0.05) is 12.8 Å². The predicted molar refractivity (Wildman–Crippen MR) is 54.7 cm³/mol. The van der Waals surface area contributed by atoms with Crippen LogP contribution < -0.4 is 0 Å². The molecule has 1 saturated carbocycles. The fourth-order valence-electron chi connectivity index (χ4n) is 3.09. The number of hydrogen-bond donors (Lipinski definition) is 0. The Morgan fingerprint density at radius 2 is 2.21 bits per heavy atom. The van der Waals surface area contributed by atoms with Gasteiger partial charge in [-0.25, -0.2) is 0 Å². The molecule has 78 valence electrons. The van der Waals surface area contributed by atoms with Gasteiger partial charge in [0.05, 0.1) is 0 Å². The van der Waals surface area contributed by atoms with E-state index in [0.717, 1.165) is 0 Å². The molecule has 0 spiro atoms. The minimum atomic E-state index is -0.166. The van der Waals surface area contributed by atoms with E-state index in [2.05, 4.69) is 26.8 Å². The fraction of sp³-hybridized carbons (Fsp3) is 0.750. The summed E-state index contributed by atoms with van der Waals surface area (Å²) in [5.74, 6) is 1.07. The molecule has 3 aliphatic rings. The van der Waals surface area contributed by atoms with Crippen LogP contribution in [-0.4, -0.2) is 12.1 Å². The lowest BCUT2D eigenvalue weighted by Crippen LogP contribution is -2.54. The van der Waals surface area contributed by atoms with Crippen molar-refractivity contribution in [3.05, 3.63) is 11.6 Å². The van der Waals surface area contributed by atoms with E-state index in [1.807, 2.05) is 0 Å². The van der Waals surface area contributed by atoms with Crippen molar-refractivity contribution in [2.24, 2.45) is 17.3 Å². The monoisotopic (exact) mass is 194 g/mol. The summed E-state index contributed by atoms with van der Waals surface area (Å²) in [5, 5.41) is 0. The zero-order valence-corrected chi connectivity index (χ0v) is 9.33. The number of fused-ring (bicyclic) bond motifs is 1. The van der Waals surface area contributed by atoms with Gasteiger partial charge in [-0.2, -0.15) is 0 Å². The van der Waals surface area contributed by atoms with Gasteiger partial charge in [-0.15, -0.1) is 0 Å². The van der Waals surface area contributed by atoms with Gasteiger partial charge < -0.3 is 4.74 Å². The van der Waals surface area contributed by atoms with Crippen molar-refractivity contribution in [3.8, 4) is 0 Å². The van der Waals surface area contributed by atoms with Gasteiger partial charge in [-0.3, -0.25) is 4.79 Å². The van der Waals surface area contributed by atoms with E-state index in [-0.39, 0.29) is 12.1 Å². The third-order valence-corrected chi connectivity index (χ3v) is 4.02. The van der Waals surface area contributed by atoms with Crippen LogP contribution in [0.3, 0.4) is 0 Å². The highest BCUT2D eigenvalue weighted by Gasteiger charge is 2.55. The molecule has 3 atom stereocenters. The maximum Gasteiger partial charge on any atom is 0.303 e. The van der Waals surface area contributed by atoms with Crippen LogP contribution in [0.25, 0.3) is 0 Å². The van der Waals surface area contributed by atoms with Gasteiger partial charge >= 0.3 is 5.97 Å². The lowest BCUT2D eigenvalue weighted by molar-refractivity contribution is -0.158. The largest absolute Gasteiger partial charge is 0.458 e. The van der Waals surface area contributed by atoms with Crippen LogP contribution in [0.5, 0.6) is 0 Å². The molecule has 0 aromatic rings. The molecule has 0 aromatic heterocycles. The minimum Gasteiger partial charge on any atom is -0.458 e. The van der Waals surface area contributed by atoms with Crippen LogP contribution in [0.15, 0.2) is 11.6 Å². The molecule has 2 nitrogen and oxygen atoms in total. The Bertz CT molecular complexity index is 301. The molecular formula is C12H18O2. The lowest BCUT2D eigenvalue weighted by atomic mass is 9.48. The maximum atomic E-state index is 10.9. The predicted octanol–water partition coefficient (Wildman–Crippen LogP) is 2.54. The van der Waals surface area contributed by atoms with Gasteiger partial charge in [0.1, 0.15) is 6.10 Å². The van der Waals surface area contributed by atoms with Crippen LogP contribution in [0, 0.1) is 17.3 Å². The molecule has 3 rings (SSSR count). The third-order valence-electron chi connectivity index (χ3n) is 4.02. The first-order valence-corrected chi connectivity index (χ1v) is 5.28. The Morgan fingerprint density at radius 1 is 1.57 bits per heavy atom. The first-order valence-electron chi connectivity index (χ1n) is 5.28. The molecule has 0 saturated heterocycles. The SMILES string of the molecule is CC(=O)O[C@@H]1C=C(C)[C@@H]2C[C@H]1C2(C)C. The summed E-state index contributed by atoms with van der Waals surface area (Å²) in [6.45, 7) is 8.19. The average Bonchev–Trinajstić information content (AvgIpc) is 2.00. The van der Waals surface area contributed by atoms with Gasteiger partial charge in [0.15, 0.2) is 0 Å². The second kappa shape index (κ2) is 2.85. The van der Waals surface area contributed by atoms with E-state index in [1.54, 1.807) is 0 Å². The number of allylic oxidation sites excluding steroid dienone is 1. The van der Waals surface area contributed by atoms with Gasteiger partial charge in [-0.05, 0) is 30.8 Å². The van der Waals surface area contributed by atoms with E-state index in [9.17, 15) is 4.79 Å². The van der Waals surface area contributed by atoms with Crippen LogP contribution in [0.2, 0.25) is 0 Å². The van der Waals surface area contributed by atoms with E-state index in [4.69, 9.17) is 4.74 Å². The van der Waals surface area contributed by atoms with Gasteiger partial charge in [0.25, 0.3) is 0 Å². The smallest absolute Gasteiger partial charge is 0.303 e. The van der Waals surface area contributed by atoms with E-state index in [0.29, 0.717) is 17.3 Å². The standard InChI is InChI=1S/C12H18O2/c1-7-5-11(14-8(2)13)10-6-9(7)12(10,3)4/h5,9-11H,6H2,1-4H3/t9-,10+,11+/m0/s1. The van der Waals surface area contributed by atoms with Crippen LogP contribution in [0.4, 0.5) is 0 Å². The van der Waals surface area contributed by atoms with Crippen molar-refractivity contribution in [1.29, 1.82) is 0 Å². The van der Waals surface area contributed by atoms with Crippen molar-refractivity contribution in [2.75, 3.05) is 0 Å². The number of esters is 1.